The second-order valence-electron chi connectivity index (χ2n) is 4.29. The van der Waals surface area contributed by atoms with Crippen molar-refractivity contribution in [1.82, 2.24) is 35.6 Å². The molecule has 0 bridgehead atoms. The molecule has 2 N–H and O–H groups in total. The smallest absolute Gasteiger partial charge is 0.253 e. The molecule has 0 fully saturated rings. The number of nitrogens with one attached hydrogen (secondary N) is 2. The average Bonchev–Trinajstić information content (AvgIpc) is 3.12. The Hall–Kier alpha value is -2.77. The number of aryl methyl sites for hydroxylation is 2. The predicted molar refractivity (Wildman–Crippen MR) is 70.2 cm³/mol. The van der Waals surface area contributed by atoms with Crippen LogP contribution in [0.25, 0.3) is 5.52 Å². The summed E-state index contributed by atoms with van der Waals surface area (Å²) < 4.78 is 1.70. The minimum atomic E-state index is -0.125. The Kier molecular flexibility index (Phi) is 3.12. The quantitative estimate of drug-likeness (QED) is 0.695. The molecule has 0 aliphatic rings. The van der Waals surface area contributed by atoms with Crippen LogP contribution in [-0.4, -0.2) is 43.2 Å². The van der Waals surface area contributed by atoms with E-state index in [0.717, 1.165) is 11.2 Å². The third-order valence-corrected chi connectivity index (χ3v) is 3.02. The lowest BCUT2D eigenvalue weighted by molar-refractivity contribution is 0.0964. The van der Waals surface area contributed by atoms with Crippen molar-refractivity contribution >= 4 is 11.4 Å². The molecule has 8 heteroatoms. The molecule has 3 heterocycles. The first-order valence-electron chi connectivity index (χ1n) is 6.19. The van der Waals surface area contributed by atoms with E-state index < -0.39 is 0 Å². The van der Waals surface area contributed by atoms with Crippen LogP contribution < -0.4 is 5.32 Å². The van der Waals surface area contributed by atoms with Crippen molar-refractivity contribution in [3.05, 3.63) is 41.5 Å². The van der Waals surface area contributed by atoms with Crippen LogP contribution in [0.4, 0.5) is 0 Å². The minimum Gasteiger partial charge on any atom is -0.355 e. The summed E-state index contributed by atoms with van der Waals surface area (Å²) >= 11 is 0. The summed E-state index contributed by atoms with van der Waals surface area (Å²) in [6, 6.07) is 5.48. The summed E-state index contributed by atoms with van der Waals surface area (Å²) in [4.78, 5) is 11.8. The lowest BCUT2D eigenvalue weighted by Gasteiger charge is -2.00. The number of tetrazole rings is 1. The monoisotopic (exact) mass is 271 g/mol. The van der Waals surface area contributed by atoms with E-state index in [9.17, 15) is 4.79 Å². The average molecular weight is 271 g/mol. The highest BCUT2D eigenvalue weighted by molar-refractivity contribution is 6.00. The Morgan fingerprint density at radius 1 is 1.45 bits per heavy atom. The van der Waals surface area contributed by atoms with E-state index in [1.165, 1.54) is 0 Å². The van der Waals surface area contributed by atoms with Gasteiger partial charge >= 0.3 is 0 Å². The maximum Gasteiger partial charge on any atom is 0.253 e. The van der Waals surface area contributed by atoms with Crippen LogP contribution in [0.5, 0.6) is 0 Å². The molecule has 1 amide bonds. The molecule has 3 aromatic rings. The third-order valence-electron chi connectivity index (χ3n) is 3.02. The number of hydrogen-bond acceptors (Lipinski definition) is 5. The maximum absolute atomic E-state index is 11.8. The van der Waals surface area contributed by atoms with Gasteiger partial charge in [0.2, 0.25) is 0 Å². The topological polar surface area (TPSA) is 101 Å². The normalized spacial score (nSPS) is 10.8. The highest BCUT2D eigenvalue weighted by atomic mass is 16.1. The summed E-state index contributed by atoms with van der Waals surface area (Å²) in [5, 5.41) is 20.8. The number of carbonyl (C=O) groups is 1. The molecule has 0 aliphatic carbocycles. The number of carbonyl (C=O) groups excluding carboxylic acids is 1. The first-order valence-corrected chi connectivity index (χ1v) is 6.19. The second kappa shape index (κ2) is 5.08. The number of aromatic nitrogens is 6. The van der Waals surface area contributed by atoms with Crippen molar-refractivity contribution in [2.75, 3.05) is 7.05 Å². The maximum atomic E-state index is 11.8. The minimum absolute atomic E-state index is 0.125. The molecule has 0 unspecified atom stereocenters. The van der Waals surface area contributed by atoms with Crippen LogP contribution in [0.1, 0.15) is 21.9 Å². The number of fused-ring (bicyclic) bond motifs is 1. The van der Waals surface area contributed by atoms with Gasteiger partial charge in [-0.25, -0.2) is 4.52 Å². The Morgan fingerprint density at radius 2 is 2.35 bits per heavy atom. The summed E-state index contributed by atoms with van der Waals surface area (Å²) in [5.74, 6) is 0.522. The number of pyridine rings is 1. The lowest BCUT2D eigenvalue weighted by Crippen LogP contribution is -2.18. The van der Waals surface area contributed by atoms with Crippen molar-refractivity contribution in [3.8, 4) is 0 Å². The van der Waals surface area contributed by atoms with E-state index >= 15 is 0 Å². The second-order valence-corrected chi connectivity index (χ2v) is 4.29. The Bertz CT molecular complexity index is 731. The van der Waals surface area contributed by atoms with Gasteiger partial charge in [-0.1, -0.05) is 5.21 Å². The van der Waals surface area contributed by atoms with Crippen LogP contribution in [0.2, 0.25) is 0 Å². The van der Waals surface area contributed by atoms with Crippen LogP contribution in [0.3, 0.4) is 0 Å². The number of amides is 1. The molecule has 102 valence electrons. The molecule has 3 aromatic heterocycles. The summed E-state index contributed by atoms with van der Waals surface area (Å²) in [6.07, 6.45) is 3.16. The molecule has 8 nitrogen and oxygen atoms in total. The molecular weight excluding hydrogens is 258 g/mol. The fraction of sp³-hybridized carbons (Fsp3) is 0.250. The van der Waals surface area contributed by atoms with Gasteiger partial charge in [0.05, 0.1) is 16.8 Å². The van der Waals surface area contributed by atoms with Crippen molar-refractivity contribution in [2.45, 2.75) is 12.8 Å². The van der Waals surface area contributed by atoms with Crippen molar-refractivity contribution < 1.29 is 4.79 Å². The van der Waals surface area contributed by atoms with Gasteiger partial charge in [-0.2, -0.15) is 10.3 Å². The number of rotatable bonds is 4. The predicted octanol–water partition coefficient (Wildman–Crippen LogP) is -0.00780. The number of H-pyrrole nitrogens is 1. The molecule has 0 spiro atoms. The van der Waals surface area contributed by atoms with Crippen molar-refractivity contribution in [2.24, 2.45) is 0 Å². The summed E-state index contributed by atoms with van der Waals surface area (Å²) in [5.41, 5.74) is 2.27. The van der Waals surface area contributed by atoms with Gasteiger partial charge < -0.3 is 5.32 Å². The van der Waals surface area contributed by atoms with Gasteiger partial charge in [0.15, 0.2) is 5.82 Å². The molecule has 0 aliphatic heterocycles. The zero-order chi connectivity index (χ0) is 13.9. The Balaban J connectivity index is 1.88. The van der Waals surface area contributed by atoms with Crippen molar-refractivity contribution in [3.63, 3.8) is 0 Å². The van der Waals surface area contributed by atoms with Gasteiger partial charge in [-0.05, 0) is 24.6 Å². The van der Waals surface area contributed by atoms with E-state index in [0.29, 0.717) is 24.2 Å². The van der Waals surface area contributed by atoms with Gasteiger partial charge in [0.25, 0.3) is 5.91 Å². The number of hydrogen-bond donors (Lipinski definition) is 2. The van der Waals surface area contributed by atoms with E-state index in [1.54, 1.807) is 23.7 Å². The zero-order valence-electron chi connectivity index (χ0n) is 10.9. The van der Waals surface area contributed by atoms with Crippen LogP contribution in [0.15, 0.2) is 24.4 Å². The van der Waals surface area contributed by atoms with E-state index in [1.807, 2.05) is 12.3 Å². The standard InChI is InChI=1S/C12H13N7O/c1-13-12(20)9-3-2-6-19-10(9)7-8(16-19)4-5-11-14-17-18-15-11/h2-3,6-7H,4-5H2,1H3,(H,13,20)(H,14,15,17,18). The number of nitrogens with zero attached hydrogens (tertiary/aromatic N) is 5. The highest BCUT2D eigenvalue weighted by Gasteiger charge is 2.11. The molecule has 0 saturated heterocycles. The van der Waals surface area contributed by atoms with Gasteiger partial charge in [0, 0.05) is 19.7 Å². The Morgan fingerprint density at radius 3 is 3.10 bits per heavy atom. The zero-order valence-corrected chi connectivity index (χ0v) is 10.9. The molecule has 0 aromatic carbocycles. The number of aromatic amines is 1. The van der Waals surface area contributed by atoms with Gasteiger partial charge in [-0.3, -0.25) is 4.79 Å². The largest absolute Gasteiger partial charge is 0.355 e. The van der Waals surface area contributed by atoms with Crippen LogP contribution >= 0.6 is 0 Å². The fourth-order valence-electron chi connectivity index (χ4n) is 2.04. The van der Waals surface area contributed by atoms with Gasteiger partial charge in [0.1, 0.15) is 0 Å². The highest BCUT2D eigenvalue weighted by Crippen LogP contribution is 2.13. The van der Waals surface area contributed by atoms with Crippen LogP contribution in [0, 0.1) is 0 Å². The molecule has 0 radical (unpaired) electrons. The Labute approximate surface area is 114 Å². The summed E-state index contributed by atoms with van der Waals surface area (Å²) in [7, 11) is 1.61. The molecule has 3 rings (SSSR count). The molecule has 20 heavy (non-hydrogen) atoms. The lowest BCUT2D eigenvalue weighted by atomic mass is 10.2. The third kappa shape index (κ3) is 2.22. The van der Waals surface area contributed by atoms with E-state index in [-0.39, 0.29) is 5.91 Å². The fourth-order valence-corrected chi connectivity index (χ4v) is 2.04. The summed E-state index contributed by atoms with van der Waals surface area (Å²) in [6.45, 7) is 0. The molecule has 0 atom stereocenters. The SMILES string of the molecule is CNC(=O)c1cccn2nc(CCc3nn[nH]n3)cc12. The first kappa shape index (κ1) is 12.3. The van der Waals surface area contributed by atoms with Crippen LogP contribution in [-0.2, 0) is 12.8 Å². The molecule has 0 saturated carbocycles. The molecular formula is C12H13N7O. The van der Waals surface area contributed by atoms with Crippen molar-refractivity contribution in [1.29, 1.82) is 0 Å². The van der Waals surface area contributed by atoms with Gasteiger partial charge in [-0.15, -0.1) is 10.2 Å². The van der Waals surface area contributed by atoms with E-state index in [4.69, 9.17) is 0 Å². The van der Waals surface area contributed by atoms with E-state index in [2.05, 4.69) is 31.0 Å². The first-order chi connectivity index (χ1) is 9.78.